The summed E-state index contributed by atoms with van der Waals surface area (Å²) in [5.74, 6) is -0.0947. The van der Waals surface area contributed by atoms with Gasteiger partial charge in [-0.2, -0.15) is 0 Å². The average Bonchev–Trinajstić information content (AvgIpc) is 2.62. The van der Waals surface area contributed by atoms with Gasteiger partial charge in [0.2, 0.25) is 0 Å². The molecule has 5 heteroatoms. The van der Waals surface area contributed by atoms with E-state index in [4.69, 9.17) is 0 Å². The lowest BCUT2D eigenvalue weighted by atomic mass is 9.76. The molecule has 0 fully saturated rings. The van der Waals surface area contributed by atoms with Crippen LogP contribution in [0.5, 0.6) is 11.5 Å². The molecule has 0 saturated heterocycles. The molecule has 0 saturated carbocycles. The Bertz CT molecular complexity index is 1080. The van der Waals surface area contributed by atoms with Gasteiger partial charge in [-0.25, -0.2) is 4.79 Å². The fourth-order valence-electron chi connectivity index (χ4n) is 4.42. The number of carbonyl (C=O) groups is 1. The Kier molecular flexibility index (Phi) is 7.80. The maximum absolute atomic E-state index is 12.4. The summed E-state index contributed by atoms with van der Waals surface area (Å²) in [6, 6.07) is 5.66. The van der Waals surface area contributed by atoms with Crippen molar-refractivity contribution in [3.63, 3.8) is 0 Å². The summed E-state index contributed by atoms with van der Waals surface area (Å²) in [5, 5.41) is 32.6. The van der Waals surface area contributed by atoms with Gasteiger partial charge in [-0.05, 0) is 45.4 Å². The standard InChI is InChI=1S/C30H44O4S/c1-27(2,3)20-13-17(14-21(24(20)31)28(4,5)6)35-16-19-18(26(33)34)15-22(29(7,8)9)25(32)23(19)30(10,11)12/h13-15,31-32H,16H2,1-12H3,(H,33,34). The molecule has 2 aromatic rings. The minimum atomic E-state index is -0.993. The van der Waals surface area contributed by atoms with Crippen LogP contribution in [0.1, 0.15) is 121 Å². The molecule has 0 amide bonds. The molecule has 0 bridgehead atoms. The molecule has 0 atom stereocenters. The minimum absolute atomic E-state index is 0.182. The Labute approximate surface area is 216 Å². The molecule has 0 aliphatic heterocycles. The Morgan fingerprint density at radius 2 is 1.09 bits per heavy atom. The molecule has 0 aliphatic carbocycles. The number of phenolic OH excluding ortho intramolecular Hbond substituents is 2. The van der Waals surface area contributed by atoms with E-state index in [9.17, 15) is 20.1 Å². The van der Waals surface area contributed by atoms with E-state index in [2.05, 4.69) is 41.5 Å². The number of rotatable bonds is 4. The molecule has 35 heavy (non-hydrogen) atoms. The number of carboxylic acids is 1. The number of hydrogen-bond donors (Lipinski definition) is 3. The topological polar surface area (TPSA) is 77.8 Å². The van der Waals surface area contributed by atoms with E-state index in [1.807, 2.05) is 53.7 Å². The van der Waals surface area contributed by atoms with E-state index in [1.165, 1.54) is 0 Å². The van der Waals surface area contributed by atoms with Crippen LogP contribution >= 0.6 is 11.8 Å². The number of phenols is 2. The van der Waals surface area contributed by atoms with Gasteiger partial charge in [0.15, 0.2) is 0 Å². The van der Waals surface area contributed by atoms with Crippen molar-refractivity contribution in [2.75, 3.05) is 0 Å². The Morgan fingerprint density at radius 3 is 1.43 bits per heavy atom. The largest absolute Gasteiger partial charge is 0.507 e. The number of thioether (sulfide) groups is 1. The lowest BCUT2D eigenvalue weighted by Crippen LogP contribution is -2.22. The number of hydrogen-bond acceptors (Lipinski definition) is 4. The predicted octanol–water partition coefficient (Wildman–Crippen LogP) is 8.28. The second kappa shape index (κ2) is 9.38. The van der Waals surface area contributed by atoms with Crippen LogP contribution in [-0.4, -0.2) is 21.3 Å². The third-order valence-corrected chi connectivity index (χ3v) is 7.28. The maximum atomic E-state index is 12.4. The first-order chi connectivity index (χ1) is 15.6. The van der Waals surface area contributed by atoms with Crippen LogP contribution in [0.2, 0.25) is 0 Å². The minimum Gasteiger partial charge on any atom is -0.507 e. The monoisotopic (exact) mass is 500 g/mol. The van der Waals surface area contributed by atoms with Crippen molar-refractivity contribution < 1.29 is 20.1 Å². The van der Waals surface area contributed by atoms with Gasteiger partial charge in [0.25, 0.3) is 0 Å². The summed E-state index contributed by atoms with van der Waals surface area (Å²) in [5.41, 5.74) is 2.57. The molecule has 2 rings (SSSR count). The second-order valence-electron chi connectivity index (χ2n) is 13.6. The van der Waals surface area contributed by atoms with Gasteiger partial charge in [-0.15, -0.1) is 11.8 Å². The summed E-state index contributed by atoms with van der Waals surface area (Å²) in [4.78, 5) is 13.4. The van der Waals surface area contributed by atoms with Crippen molar-refractivity contribution in [3.05, 3.63) is 51.6 Å². The second-order valence-corrected chi connectivity index (χ2v) is 14.7. The van der Waals surface area contributed by atoms with Gasteiger partial charge in [0, 0.05) is 32.9 Å². The zero-order valence-corrected chi connectivity index (χ0v) is 24.4. The van der Waals surface area contributed by atoms with E-state index < -0.39 is 16.8 Å². The molecule has 0 radical (unpaired) electrons. The molecular formula is C30H44O4S. The SMILES string of the molecule is CC(C)(C)c1cc(SCc2c(C(=O)O)cc(C(C)(C)C)c(O)c2C(C)(C)C)cc(C(C)(C)C)c1O. The summed E-state index contributed by atoms with van der Waals surface area (Å²) < 4.78 is 0. The van der Waals surface area contributed by atoms with Gasteiger partial charge in [-0.1, -0.05) is 83.1 Å². The molecule has 0 heterocycles. The smallest absolute Gasteiger partial charge is 0.336 e. The van der Waals surface area contributed by atoms with Crippen molar-refractivity contribution in [2.24, 2.45) is 0 Å². The van der Waals surface area contributed by atoms with Crippen LogP contribution in [-0.2, 0) is 27.4 Å². The van der Waals surface area contributed by atoms with Crippen LogP contribution in [0.3, 0.4) is 0 Å². The fourth-order valence-corrected chi connectivity index (χ4v) is 5.44. The number of aromatic carboxylic acids is 1. The van der Waals surface area contributed by atoms with Crippen molar-refractivity contribution >= 4 is 17.7 Å². The first-order valence-electron chi connectivity index (χ1n) is 12.2. The third-order valence-electron chi connectivity index (χ3n) is 6.28. The Morgan fingerprint density at radius 1 is 0.686 bits per heavy atom. The van der Waals surface area contributed by atoms with Crippen LogP contribution < -0.4 is 0 Å². The first-order valence-corrected chi connectivity index (χ1v) is 13.2. The van der Waals surface area contributed by atoms with Gasteiger partial charge >= 0.3 is 5.97 Å². The first kappa shape index (κ1) is 29.1. The highest BCUT2D eigenvalue weighted by atomic mass is 32.2. The molecule has 0 unspecified atom stereocenters. The Hall–Kier alpha value is -2.14. The molecule has 194 valence electrons. The van der Waals surface area contributed by atoms with Crippen molar-refractivity contribution in [2.45, 2.75) is 115 Å². The normalized spacial score (nSPS) is 13.3. The van der Waals surface area contributed by atoms with E-state index in [1.54, 1.807) is 17.8 Å². The van der Waals surface area contributed by atoms with E-state index in [0.29, 0.717) is 28.2 Å². The summed E-state index contributed by atoms with van der Waals surface area (Å²) >= 11 is 1.54. The number of aromatic hydroxyl groups is 2. The molecule has 0 spiro atoms. The zero-order valence-electron chi connectivity index (χ0n) is 23.6. The predicted molar refractivity (Wildman–Crippen MR) is 148 cm³/mol. The molecular weight excluding hydrogens is 456 g/mol. The molecule has 2 aromatic carbocycles. The van der Waals surface area contributed by atoms with Crippen LogP contribution in [0, 0.1) is 0 Å². The number of benzene rings is 2. The molecule has 4 nitrogen and oxygen atoms in total. The quantitative estimate of drug-likeness (QED) is 0.368. The summed E-state index contributed by atoms with van der Waals surface area (Å²) in [6.07, 6.45) is 0. The lowest BCUT2D eigenvalue weighted by molar-refractivity contribution is 0.0695. The Balaban J connectivity index is 2.75. The van der Waals surface area contributed by atoms with Crippen LogP contribution in [0.25, 0.3) is 0 Å². The highest BCUT2D eigenvalue weighted by Crippen LogP contribution is 2.46. The van der Waals surface area contributed by atoms with Crippen molar-refractivity contribution in [3.8, 4) is 11.5 Å². The number of carboxylic acid groups (broad SMARTS) is 1. The zero-order chi connectivity index (χ0) is 27.3. The van der Waals surface area contributed by atoms with E-state index in [-0.39, 0.29) is 22.1 Å². The van der Waals surface area contributed by atoms with Gasteiger partial charge in [0.1, 0.15) is 11.5 Å². The fraction of sp³-hybridized carbons (Fsp3) is 0.567. The van der Waals surface area contributed by atoms with E-state index >= 15 is 0 Å². The van der Waals surface area contributed by atoms with Gasteiger partial charge in [-0.3, -0.25) is 0 Å². The van der Waals surface area contributed by atoms with Crippen LogP contribution in [0.15, 0.2) is 23.1 Å². The molecule has 3 N–H and O–H groups in total. The average molecular weight is 501 g/mol. The molecule has 0 aromatic heterocycles. The molecule has 0 aliphatic rings. The summed E-state index contributed by atoms with van der Waals surface area (Å²) in [7, 11) is 0. The van der Waals surface area contributed by atoms with E-state index in [0.717, 1.165) is 16.0 Å². The highest BCUT2D eigenvalue weighted by molar-refractivity contribution is 7.98. The van der Waals surface area contributed by atoms with Crippen molar-refractivity contribution in [1.29, 1.82) is 0 Å². The van der Waals surface area contributed by atoms with Gasteiger partial charge in [0.05, 0.1) is 5.56 Å². The maximum Gasteiger partial charge on any atom is 0.336 e. The third kappa shape index (κ3) is 6.35. The highest BCUT2D eigenvalue weighted by Gasteiger charge is 2.32. The summed E-state index contributed by atoms with van der Waals surface area (Å²) in [6.45, 7) is 24.4. The van der Waals surface area contributed by atoms with Crippen LogP contribution in [0.4, 0.5) is 0 Å². The van der Waals surface area contributed by atoms with Gasteiger partial charge < -0.3 is 15.3 Å². The lowest BCUT2D eigenvalue weighted by Gasteiger charge is -2.31. The van der Waals surface area contributed by atoms with Crippen molar-refractivity contribution in [1.82, 2.24) is 0 Å².